The first-order chi connectivity index (χ1) is 30.3. The molecule has 0 amide bonds. The molecule has 0 aromatic heterocycles. The maximum Gasteiger partial charge on any atom is 0.0372 e. The van der Waals surface area contributed by atoms with Gasteiger partial charge in [0.2, 0.25) is 0 Å². The Bertz CT molecular complexity index is 3080. The summed E-state index contributed by atoms with van der Waals surface area (Å²) in [7, 11) is 0. The Morgan fingerprint density at radius 2 is 0.742 bits per heavy atom. The van der Waals surface area contributed by atoms with Gasteiger partial charge in [-0.25, -0.2) is 0 Å². The number of nitrogens with zero attached hydrogens (tertiary/aromatic N) is 2. The summed E-state index contributed by atoms with van der Waals surface area (Å²) in [5, 5.41) is 5.38. The van der Waals surface area contributed by atoms with Crippen LogP contribution >= 0.6 is 0 Å². The van der Waals surface area contributed by atoms with E-state index in [0.717, 1.165) is 26.2 Å². The lowest BCUT2D eigenvalue weighted by Crippen LogP contribution is -2.29. The average molecular weight is 805 g/mol. The minimum absolute atomic E-state index is 0.0788. The standard InChI is InChI=1S/C60H56N2/c1-59(2)53-19-11-10-18-45(53)46-26-21-41(35-55(46)59)57-49-28-23-44(62-32-14-7-15-33-62)38-52(49)58(50-29-24-43(37-51(50)57)61-30-12-6-13-31-61)42-22-27-48-47-25-20-40(39-16-8-5-9-17-39)34-54(47)60(3,4)56(48)36-42/h5,8-11,16-29,34-38H,6-7,12-15,30-33H2,1-4H3. The first-order valence-electron chi connectivity index (χ1n) is 23.4. The van der Waals surface area contributed by atoms with E-state index in [9.17, 15) is 0 Å². The molecular formula is C60H56N2. The van der Waals surface area contributed by atoms with Gasteiger partial charge in [0.15, 0.2) is 0 Å². The third-order valence-corrected chi connectivity index (χ3v) is 15.5. The zero-order valence-electron chi connectivity index (χ0n) is 36.8. The topological polar surface area (TPSA) is 6.48 Å². The molecule has 0 radical (unpaired) electrons. The molecule has 0 atom stereocenters. The van der Waals surface area contributed by atoms with Gasteiger partial charge in [0, 0.05) is 48.4 Å². The van der Waals surface area contributed by atoms with E-state index >= 15 is 0 Å². The fourth-order valence-corrected chi connectivity index (χ4v) is 12.1. The predicted molar refractivity (Wildman–Crippen MR) is 265 cm³/mol. The Morgan fingerprint density at radius 3 is 1.26 bits per heavy atom. The van der Waals surface area contributed by atoms with Crippen LogP contribution in [0.5, 0.6) is 0 Å². The molecule has 306 valence electrons. The summed E-state index contributed by atoms with van der Waals surface area (Å²) < 4.78 is 0. The number of benzene rings is 8. The summed E-state index contributed by atoms with van der Waals surface area (Å²) >= 11 is 0. The summed E-state index contributed by atoms with van der Waals surface area (Å²) in [6, 6.07) is 56.8. The van der Waals surface area contributed by atoms with Crippen molar-refractivity contribution in [1.82, 2.24) is 0 Å². The highest BCUT2D eigenvalue weighted by atomic mass is 15.1. The maximum atomic E-state index is 2.64. The van der Waals surface area contributed by atoms with Gasteiger partial charge in [0.05, 0.1) is 0 Å². The molecule has 0 saturated carbocycles. The fraction of sp³-hybridized carbons (Fsp3) is 0.267. The zero-order valence-corrected chi connectivity index (χ0v) is 36.8. The van der Waals surface area contributed by atoms with Gasteiger partial charge in [-0.3, -0.25) is 0 Å². The predicted octanol–water partition coefficient (Wildman–Crippen LogP) is 15.6. The molecule has 2 heteroatoms. The number of hydrogen-bond acceptors (Lipinski definition) is 2. The lowest BCUT2D eigenvalue weighted by Gasteiger charge is -2.31. The highest BCUT2D eigenvalue weighted by molar-refractivity contribution is 6.22. The molecule has 8 aromatic rings. The average Bonchev–Trinajstić information content (AvgIpc) is 3.69. The van der Waals surface area contributed by atoms with Crippen molar-refractivity contribution >= 4 is 32.9 Å². The Hall–Kier alpha value is -6.12. The normalized spacial score (nSPS) is 17.2. The number of rotatable bonds is 5. The van der Waals surface area contributed by atoms with Crippen LogP contribution in [0.2, 0.25) is 0 Å². The highest BCUT2D eigenvalue weighted by Crippen LogP contribution is 2.54. The van der Waals surface area contributed by atoms with Gasteiger partial charge in [-0.15, -0.1) is 0 Å². The van der Waals surface area contributed by atoms with Crippen LogP contribution in [0.4, 0.5) is 11.4 Å². The molecule has 2 nitrogen and oxygen atoms in total. The Kier molecular flexibility index (Phi) is 8.62. The summed E-state index contributed by atoms with van der Waals surface area (Å²) in [6.07, 6.45) is 7.67. The van der Waals surface area contributed by atoms with Crippen LogP contribution in [-0.4, -0.2) is 26.2 Å². The molecule has 0 bridgehead atoms. The van der Waals surface area contributed by atoms with Crippen molar-refractivity contribution in [2.75, 3.05) is 36.0 Å². The molecule has 0 unspecified atom stereocenters. The van der Waals surface area contributed by atoms with Gasteiger partial charge in [0.1, 0.15) is 0 Å². The van der Waals surface area contributed by atoms with Gasteiger partial charge in [-0.1, -0.05) is 131 Å². The molecule has 4 aliphatic rings. The highest BCUT2D eigenvalue weighted by Gasteiger charge is 2.37. The van der Waals surface area contributed by atoms with Crippen LogP contribution in [-0.2, 0) is 10.8 Å². The summed E-state index contributed by atoms with van der Waals surface area (Å²) in [6.45, 7) is 14.2. The SMILES string of the molecule is CC1(C)c2ccccc2-c2ccc(-c3c4ccc(N5CCCCC5)cc4c(-c4ccc5c(c4)C(C)(C)c4cc(-c6ccccc6)ccc4-5)c4ccc(N5CCCCC5)cc34)cc21. The molecule has 2 fully saturated rings. The molecule has 62 heavy (non-hydrogen) atoms. The fourth-order valence-electron chi connectivity index (χ4n) is 12.1. The third kappa shape index (κ3) is 5.75. The lowest BCUT2D eigenvalue weighted by atomic mass is 9.79. The van der Waals surface area contributed by atoms with Crippen molar-refractivity contribution in [3.05, 3.63) is 168 Å². The third-order valence-electron chi connectivity index (χ3n) is 15.5. The van der Waals surface area contributed by atoms with Gasteiger partial charge in [-0.2, -0.15) is 0 Å². The van der Waals surface area contributed by atoms with E-state index in [1.807, 2.05) is 0 Å². The quantitative estimate of drug-likeness (QED) is 0.160. The van der Waals surface area contributed by atoms with Crippen molar-refractivity contribution in [2.24, 2.45) is 0 Å². The zero-order chi connectivity index (χ0) is 41.7. The molecule has 12 rings (SSSR count). The van der Waals surface area contributed by atoms with E-state index in [1.54, 1.807) is 0 Å². The molecular weight excluding hydrogens is 749 g/mol. The minimum atomic E-state index is -0.147. The van der Waals surface area contributed by atoms with E-state index in [4.69, 9.17) is 0 Å². The molecule has 2 aliphatic carbocycles. The van der Waals surface area contributed by atoms with Crippen molar-refractivity contribution in [2.45, 2.75) is 77.0 Å². The first kappa shape index (κ1) is 37.6. The van der Waals surface area contributed by atoms with E-state index < -0.39 is 0 Å². The number of hydrogen-bond donors (Lipinski definition) is 0. The minimum Gasteiger partial charge on any atom is -0.372 e. The van der Waals surface area contributed by atoms with E-state index in [1.165, 1.54) is 149 Å². The van der Waals surface area contributed by atoms with Crippen LogP contribution in [0.25, 0.3) is 77.2 Å². The smallest absolute Gasteiger partial charge is 0.0372 e. The van der Waals surface area contributed by atoms with Crippen LogP contribution in [0.1, 0.15) is 88.5 Å². The monoisotopic (exact) mass is 804 g/mol. The van der Waals surface area contributed by atoms with Crippen LogP contribution < -0.4 is 9.80 Å². The van der Waals surface area contributed by atoms with Gasteiger partial charge in [-0.05, 0) is 180 Å². The molecule has 2 saturated heterocycles. The van der Waals surface area contributed by atoms with Gasteiger partial charge >= 0.3 is 0 Å². The van der Waals surface area contributed by atoms with Crippen molar-refractivity contribution < 1.29 is 0 Å². The summed E-state index contributed by atoms with van der Waals surface area (Å²) in [5.41, 5.74) is 21.5. The van der Waals surface area contributed by atoms with E-state index in [2.05, 4.69) is 183 Å². The van der Waals surface area contributed by atoms with Crippen LogP contribution in [0.15, 0.2) is 146 Å². The molecule has 2 aliphatic heterocycles. The molecule has 0 spiro atoms. The Balaban J connectivity index is 1.11. The molecule has 8 aromatic carbocycles. The second-order valence-corrected chi connectivity index (χ2v) is 19.7. The van der Waals surface area contributed by atoms with Crippen LogP contribution in [0.3, 0.4) is 0 Å². The lowest BCUT2D eigenvalue weighted by molar-refractivity contribution is 0.578. The number of fused-ring (bicyclic) bond motifs is 8. The number of piperidine rings is 2. The second kappa shape index (κ2) is 14.2. The Labute approximate surface area is 367 Å². The van der Waals surface area contributed by atoms with Gasteiger partial charge < -0.3 is 9.80 Å². The molecule has 0 N–H and O–H groups in total. The van der Waals surface area contributed by atoms with Crippen molar-refractivity contribution in [3.63, 3.8) is 0 Å². The first-order valence-corrected chi connectivity index (χ1v) is 23.4. The summed E-state index contributed by atoms with van der Waals surface area (Å²) in [4.78, 5) is 5.27. The second-order valence-electron chi connectivity index (χ2n) is 19.7. The maximum absolute atomic E-state index is 2.64. The van der Waals surface area contributed by atoms with Crippen molar-refractivity contribution in [1.29, 1.82) is 0 Å². The van der Waals surface area contributed by atoms with E-state index in [0.29, 0.717) is 0 Å². The summed E-state index contributed by atoms with van der Waals surface area (Å²) in [5.74, 6) is 0. The van der Waals surface area contributed by atoms with Gasteiger partial charge in [0.25, 0.3) is 0 Å². The number of anilines is 2. The largest absolute Gasteiger partial charge is 0.372 e. The molecule has 2 heterocycles. The van der Waals surface area contributed by atoms with E-state index in [-0.39, 0.29) is 10.8 Å². The van der Waals surface area contributed by atoms with Crippen molar-refractivity contribution in [3.8, 4) is 55.6 Å². The Morgan fingerprint density at radius 1 is 0.323 bits per heavy atom. The van der Waals surface area contributed by atoms with Crippen LogP contribution in [0, 0.1) is 0 Å².